The zero-order valence-corrected chi connectivity index (χ0v) is 20.2. The summed E-state index contributed by atoms with van der Waals surface area (Å²) in [7, 11) is 3.58. The maximum Gasteiger partial charge on any atom is 0.248 e. The highest BCUT2D eigenvalue weighted by Crippen LogP contribution is 2.36. The summed E-state index contributed by atoms with van der Waals surface area (Å²) in [5.74, 6) is -0.561. The van der Waals surface area contributed by atoms with Gasteiger partial charge in [0.05, 0.1) is 36.1 Å². The van der Waals surface area contributed by atoms with Crippen molar-refractivity contribution in [3.05, 3.63) is 47.5 Å². The predicted octanol–water partition coefficient (Wildman–Crippen LogP) is 4.60. The molecule has 4 rings (SSSR count). The molecule has 33 heavy (non-hydrogen) atoms. The Hall–Kier alpha value is -2.76. The zero-order valence-electron chi connectivity index (χ0n) is 18.5. The molecule has 1 amide bonds. The molecule has 1 atom stereocenters. The standard InChI is InChI=1S/C22H25FN6O2S2/c1-4-31-19-11-24-10-17(25-19)13-5-8-16(15(23)9-13)26-21(30)20(29(2)3)18-12-32-22(27-18)28-33-14-6-7-14/h5,8-12,14,20H,4,6-7H2,1-3H3,(H,26,30)(H,27,28). The van der Waals surface area contributed by atoms with E-state index in [1.807, 2.05) is 12.3 Å². The van der Waals surface area contributed by atoms with Crippen molar-refractivity contribution in [2.24, 2.45) is 0 Å². The first-order chi connectivity index (χ1) is 15.9. The van der Waals surface area contributed by atoms with Crippen LogP contribution in [0.3, 0.4) is 0 Å². The van der Waals surface area contributed by atoms with E-state index >= 15 is 0 Å². The number of hydrogen-bond acceptors (Lipinski definition) is 9. The van der Waals surface area contributed by atoms with Crippen LogP contribution in [0, 0.1) is 5.82 Å². The monoisotopic (exact) mass is 488 g/mol. The molecule has 2 N–H and O–H groups in total. The van der Waals surface area contributed by atoms with Gasteiger partial charge in [-0.2, -0.15) is 0 Å². The van der Waals surface area contributed by atoms with Gasteiger partial charge >= 0.3 is 0 Å². The number of benzene rings is 1. The van der Waals surface area contributed by atoms with Crippen molar-refractivity contribution in [2.75, 3.05) is 30.7 Å². The van der Waals surface area contributed by atoms with Crippen molar-refractivity contribution in [1.82, 2.24) is 19.9 Å². The van der Waals surface area contributed by atoms with E-state index in [0.717, 1.165) is 5.13 Å². The van der Waals surface area contributed by atoms with Gasteiger partial charge in [0.15, 0.2) is 5.13 Å². The topological polar surface area (TPSA) is 92.3 Å². The van der Waals surface area contributed by atoms with Gasteiger partial charge in [-0.3, -0.25) is 14.7 Å². The van der Waals surface area contributed by atoms with Crippen LogP contribution in [0.5, 0.6) is 5.88 Å². The number of nitrogens with one attached hydrogen (secondary N) is 2. The van der Waals surface area contributed by atoms with Crippen LogP contribution in [-0.2, 0) is 4.79 Å². The summed E-state index contributed by atoms with van der Waals surface area (Å²) in [6.45, 7) is 2.31. The number of amides is 1. The molecule has 1 saturated carbocycles. The van der Waals surface area contributed by atoms with Crippen molar-refractivity contribution in [3.63, 3.8) is 0 Å². The van der Waals surface area contributed by atoms with E-state index in [2.05, 4.69) is 25.0 Å². The number of hydrogen-bond donors (Lipinski definition) is 2. The first-order valence-corrected chi connectivity index (χ1v) is 12.3. The molecular weight excluding hydrogens is 463 g/mol. The van der Waals surface area contributed by atoms with Crippen molar-refractivity contribution in [3.8, 4) is 17.1 Å². The fourth-order valence-electron chi connectivity index (χ4n) is 3.09. The summed E-state index contributed by atoms with van der Waals surface area (Å²) in [4.78, 5) is 27.8. The van der Waals surface area contributed by atoms with Gasteiger partial charge < -0.3 is 14.8 Å². The first-order valence-electron chi connectivity index (χ1n) is 10.5. The molecule has 0 aliphatic heterocycles. The summed E-state index contributed by atoms with van der Waals surface area (Å²) >= 11 is 3.11. The minimum atomic E-state index is -0.657. The molecule has 0 bridgehead atoms. The summed E-state index contributed by atoms with van der Waals surface area (Å²) in [5, 5.41) is 5.94. The summed E-state index contributed by atoms with van der Waals surface area (Å²) in [5.41, 5.74) is 1.71. The normalized spacial score (nSPS) is 14.2. The Morgan fingerprint density at radius 1 is 1.33 bits per heavy atom. The largest absolute Gasteiger partial charge is 0.477 e. The van der Waals surface area contributed by atoms with Crippen molar-refractivity contribution < 1.29 is 13.9 Å². The lowest BCUT2D eigenvalue weighted by Gasteiger charge is -2.22. The number of aromatic nitrogens is 3. The van der Waals surface area contributed by atoms with Crippen LogP contribution < -0.4 is 14.8 Å². The molecule has 1 aromatic carbocycles. The molecule has 0 radical (unpaired) electrons. The fourth-order valence-corrected chi connectivity index (χ4v) is 4.69. The maximum absolute atomic E-state index is 14.9. The average molecular weight is 489 g/mol. The van der Waals surface area contributed by atoms with E-state index in [4.69, 9.17) is 4.74 Å². The predicted molar refractivity (Wildman–Crippen MR) is 130 cm³/mol. The summed E-state index contributed by atoms with van der Waals surface area (Å²) < 4.78 is 23.5. The van der Waals surface area contributed by atoms with Gasteiger partial charge in [0.2, 0.25) is 11.8 Å². The second kappa shape index (κ2) is 10.4. The number of carbonyl (C=O) groups excluding carboxylic acids is 1. The van der Waals surface area contributed by atoms with Crippen LogP contribution in [0.25, 0.3) is 11.3 Å². The third-order valence-corrected chi connectivity index (χ3v) is 6.85. The van der Waals surface area contributed by atoms with E-state index in [0.29, 0.717) is 34.7 Å². The van der Waals surface area contributed by atoms with Crippen LogP contribution in [0.15, 0.2) is 36.0 Å². The molecule has 0 saturated heterocycles. The lowest BCUT2D eigenvalue weighted by molar-refractivity contribution is -0.120. The number of nitrogens with zero attached hydrogens (tertiary/aromatic N) is 4. The SMILES string of the molecule is CCOc1cncc(-c2ccc(NC(=O)C(c3csc(NSC4CC4)n3)N(C)C)c(F)c2)n1. The maximum atomic E-state index is 14.9. The number of halogens is 1. The Morgan fingerprint density at radius 3 is 2.85 bits per heavy atom. The molecule has 1 aliphatic carbocycles. The molecule has 11 heteroatoms. The lowest BCUT2D eigenvalue weighted by Crippen LogP contribution is -2.32. The van der Waals surface area contributed by atoms with Crippen LogP contribution >= 0.6 is 23.3 Å². The van der Waals surface area contributed by atoms with Gasteiger partial charge in [-0.25, -0.2) is 14.4 Å². The average Bonchev–Trinajstić information content (AvgIpc) is 3.51. The number of likely N-dealkylation sites (N-methyl/N-ethyl adjacent to an activating group) is 1. The van der Waals surface area contributed by atoms with Crippen LogP contribution in [0.2, 0.25) is 0 Å². The Bertz CT molecular complexity index is 1120. The molecular formula is C22H25FN6O2S2. The highest BCUT2D eigenvalue weighted by molar-refractivity contribution is 8.01. The molecule has 0 spiro atoms. The van der Waals surface area contributed by atoms with E-state index < -0.39 is 11.9 Å². The molecule has 3 aromatic rings. The van der Waals surface area contributed by atoms with Gasteiger partial charge in [0, 0.05) is 16.2 Å². The number of anilines is 2. The Morgan fingerprint density at radius 2 is 2.15 bits per heavy atom. The highest BCUT2D eigenvalue weighted by atomic mass is 32.2. The van der Waals surface area contributed by atoms with Crippen molar-refractivity contribution in [2.45, 2.75) is 31.1 Å². The fraction of sp³-hybridized carbons (Fsp3) is 0.364. The highest BCUT2D eigenvalue weighted by Gasteiger charge is 2.27. The minimum Gasteiger partial charge on any atom is -0.477 e. The number of thiazole rings is 1. The molecule has 8 nitrogen and oxygen atoms in total. The Kier molecular flexibility index (Phi) is 7.41. The van der Waals surface area contributed by atoms with Crippen LogP contribution in [0.1, 0.15) is 31.5 Å². The van der Waals surface area contributed by atoms with E-state index in [9.17, 15) is 9.18 Å². The Balaban J connectivity index is 1.47. The Labute approximate surface area is 200 Å². The number of rotatable bonds is 10. The summed E-state index contributed by atoms with van der Waals surface area (Å²) in [6, 6.07) is 3.86. The lowest BCUT2D eigenvalue weighted by atomic mass is 10.1. The van der Waals surface area contributed by atoms with Gasteiger partial charge in [-0.05, 0) is 57.9 Å². The zero-order chi connectivity index (χ0) is 23.4. The number of carbonyl (C=O) groups is 1. The van der Waals surface area contributed by atoms with E-state index in [1.165, 1.54) is 48.7 Å². The second-order valence-corrected chi connectivity index (χ2v) is 9.69. The minimum absolute atomic E-state index is 0.0855. The quantitative estimate of drug-likeness (QED) is 0.400. The number of ether oxygens (including phenoxy) is 1. The molecule has 174 valence electrons. The van der Waals surface area contributed by atoms with Gasteiger partial charge in [0.25, 0.3) is 0 Å². The summed E-state index contributed by atoms with van der Waals surface area (Å²) in [6.07, 6.45) is 5.47. The van der Waals surface area contributed by atoms with Crippen LogP contribution in [-0.4, -0.2) is 51.7 Å². The molecule has 1 fully saturated rings. The van der Waals surface area contributed by atoms with E-state index in [-0.39, 0.29) is 11.6 Å². The van der Waals surface area contributed by atoms with Crippen molar-refractivity contribution in [1.29, 1.82) is 0 Å². The van der Waals surface area contributed by atoms with Gasteiger partial charge in [-0.1, -0.05) is 6.07 Å². The third-order valence-electron chi connectivity index (χ3n) is 4.83. The molecule has 1 unspecified atom stereocenters. The molecule has 1 aliphatic rings. The van der Waals surface area contributed by atoms with Crippen molar-refractivity contribution >= 4 is 40.0 Å². The van der Waals surface area contributed by atoms with Crippen LogP contribution in [0.4, 0.5) is 15.2 Å². The van der Waals surface area contributed by atoms with Gasteiger partial charge in [-0.15, -0.1) is 11.3 Å². The molecule has 2 aromatic heterocycles. The van der Waals surface area contributed by atoms with Gasteiger partial charge in [0.1, 0.15) is 11.9 Å². The first kappa shape index (κ1) is 23.4. The third kappa shape index (κ3) is 5.98. The molecule has 2 heterocycles. The van der Waals surface area contributed by atoms with E-state index in [1.54, 1.807) is 37.0 Å². The smallest absolute Gasteiger partial charge is 0.248 e. The second-order valence-electron chi connectivity index (χ2n) is 7.72.